The summed E-state index contributed by atoms with van der Waals surface area (Å²) in [5.74, 6) is -0.125. The Bertz CT molecular complexity index is 566. The molecule has 0 aliphatic carbocycles. The molecule has 1 aromatic carbocycles. The predicted octanol–water partition coefficient (Wildman–Crippen LogP) is 1.18. The fraction of sp³-hybridized carbons (Fsp3) is 0.286. The van der Waals surface area contributed by atoms with Crippen LogP contribution in [-0.2, 0) is 17.9 Å². The molecule has 0 saturated carbocycles. The molecule has 0 radical (unpaired) electrons. The van der Waals surface area contributed by atoms with Crippen LogP contribution in [-0.4, -0.2) is 17.6 Å². The van der Waals surface area contributed by atoms with Crippen LogP contribution in [0.25, 0.3) is 0 Å². The fourth-order valence-corrected chi connectivity index (χ4v) is 2.36. The minimum absolute atomic E-state index is 0.0163. The number of benzene rings is 1. The highest BCUT2D eigenvalue weighted by Crippen LogP contribution is 2.23. The number of carbonyl (C=O) groups is 1. The third-order valence-electron chi connectivity index (χ3n) is 3.35. The minimum atomic E-state index is -0.142. The Hall–Kier alpha value is -2.14. The zero-order valence-electron chi connectivity index (χ0n) is 10.4. The van der Waals surface area contributed by atoms with E-state index < -0.39 is 0 Å². The maximum atomic E-state index is 12.2. The predicted molar refractivity (Wildman–Crippen MR) is 69.2 cm³/mol. The second kappa shape index (κ2) is 5.24. The summed E-state index contributed by atoms with van der Waals surface area (Å²) in [6.07, 6.45) is 1.50. The summed E-state index contributed by atoms with van der Waals surface area (Å²) in [6.45, 7) is 1.89. The van der Waals surface area contributed by atoms with E-state index in [2.05, 4.69) is 21.9 Å². The number of nitrogens with zero attached hydrogens (tertiary/aromatic N) is 1. The highest BCUT2D eigenvalue weighted by molar-refractivity contribution is 5.84. The van der Waals surface area contributed by atoms with Gasteiger partial charge in [-0.05, 0) is 11.1 Å². The van der Waals surface area contributed by atoms with Gasteiger partial charge in [0, 0.05) is 19.2 Å². The first-order chi connectivity index (χ1) is 9.34. The van der Waals surface area contributed by atoms with Crippen molar-refractivity contribution in [3.63, 3.8) is 0 Å². The Balaban J connectivity index is 1.71. The summed E-state index contributed by atoms with van der Waals surface area (Å²) >= 11 is 0. The quantitative estimate of drug-likeness (QED) is 0.866. The molecule has 98 valence electrons. The number of carbonyl (C=O) groups excluding carboxylic acids is 1. The topological polar surface area (TPSA) is 67.2 Å². The zero-order chi connectivity index (χ0) is 13.1. The van der Waals surface area contributed by atoms with Crippen molar-refractivity contribution in [2.24, 2.45) is 0 Å². The SMILES string of the molecule is O=C(NCc1ccon1)C1CNCc2ccccc21. The maximum absolute atomic E-state index is 12.2. The molecule has 0 bridgehead atoms. The molecule has 2 aromatic rings. The van der Waals surface area contributed by atoms with Crippen molar-refractivity contribution in [3.05, 3.63) is 53.4 Å². The molecule has 1 aromatic heterocycles. The van der Waals surface area contributed by atoms with E-state index in [1.165, 1.54) is 11.8 Å². The van der Waals surface area contributed by atoms with Gasteiger partial charge in [0.15, 0.2) is 0 Å². The van der Waals surface area contributed by atoms with Gasteiger partial charge in [-0.15, -0.1) is 0 Å². The van der Waals surface area contributed by atoms with E-state index in [9.17, 15) is 4.79 Å². The van der Waals surface area contributed by atoms with Gasteiger partial charge in [0.1, 0.15) is 12.0 Å². The highest BCUT2D eigenvalue weighted by Gasteiger charge is 2.25. The molecule has 5 nitrogen and oxygen atoms in total. The highest BCUT2D eigenvalue weighted by atomic mass is 16.5. The molecule has 1 atom stereocenters. The van der Waals surface area contributed by atoms with Crippen LogP contribution in [0.2, 0.25) is 0 Å². The number of hydrogen-bond acceptors (Lipinski definition) is 4. The monoisotopic (exact) mass is 257 g/mol. The van der Waals surface area contributed by atoms with Crippen molar-refractivity contribution in [2.75, 3.05) is 6.54 Å². The molecule has 0 fully saturated rings. The van der Waals surface area contributed by atoms with E-state index in [0.717, 1.165) is 17.8 Å². The number of fused-ring (bicyclic) bond motifs is 1. The average molecular weight is 257 g/mol. The summed E-state index contributed by atoms with van der Waals surface area (Å²) in [6, 6.07) is 9.79. The molecule has 1 unspecified atom stereocenters. The Morgan fingerprint density at radius 2 is 2.32 bits per heavy atom. The van der Waals surface area contributed by atoms with Gasteiger partial charge in [-0.2, -0.15) is 0 Å². The van der Waals surface area contributed by atoms with Crippen molar-refractivity contribution in [1.82, 2.24) is 15.8 Å². The van der Waals surface area contributed by atoms with Crippen LogP contribution < -0.4 is 10.6 Å². The van der Waals surface area contributed by atoms with Crippen LogP contribution in [0.5, 0.6) is 0 Å². The normalized spacial score (nSPS) is 17.8. The molecule has 3 rings (SSSR count). The van der Waals surface area contributed by atoms with Gasteiger partial charge in [-0.25, -0.2) is 0 Å². The van der Waals surface area contributed by atoms with Gasteiger partial charge in [-0.1, -0.05) is 29.4 Å². The van der Waals surface area contributed by atoms with E-state index in [1.807, 2.05) is 18.2 Å². The third kappa shape index (κ3) is 2.51. The van der Waals surface area contributed by atoms with Crippen LogP contribution in [0.3, 0.4) is 0 Å². The van der Waals surface area contributed by atoms with Gasteiger partial charge in [-0.3, -0.25) is 4.79 Å². The first-order valence-corrected chi connectivity index (χ1v) is 6.30. The Labute approximate surface area is 111 Å². The van der Waals surface area contributed by atoms with E-state index in [0.29, 0.717) is 13.1 Å². The molecule has 1 aliphatic rings. The van der Waals surface area contributed by atoms with Crippen LogP contribution in [0.15, 0.2) is 41.1 Å². The fourth-order valence-electron chi connectivity index (χ4n) is 2.36. The van der Waals surface area contributed by atoms with E-state index in [-0.39, 0.29) is 11.8 Å². The van der Waals surface area contributed by atoms with Crippen molar-refractivity contribution in [1.29, 1.82) is 0 Å². The third-order valence-corrected chi connectivity index (χ3v) is 3.35. The van der Waals surface area contributed by atoms with E-state index in [4.69, 9.17) is 4.52 Å². The average Bonchev–Trinajstić information content (AvgIpc) is 2.97. The minimum Gasteiger partial charge on any atom is -0.364 e. The summed E-state index contributed by atoms with van der Waals surface area (Å²) in [7, 11) is 0. The molecular formula is C14H15N3O2. The Kier molecular flexibility index (Phi) is 3.29. The number of rotatable bonds is 3. The summed E-state index contributed by atoms with van der Waals surface area (Å²) in [4.78, 5) is 12.2. The molecule has 2 N–H and O–H groups in total. The first kappa shape index (κ1) is 11.9. The van der Waals surface area contributed by atoms with E-state index >= 15 is 0 Å². The number of hydrogen-bond donors (Lipinski definition) is 2. The second-order valence-corrected chi connectivity index (χ2v) is 4.59. The smallest absolute Gasteiger partial charge is 0.229 e. The molecule has 2 heterocycles. The van der Waals surface area contributed by atoms with Gasteiger partial charge in [0.2, 0.25) is 5.91 Å². The molecule has 5 heteroatoms. The van der Waals surface area contributed by atoms with Crippen molar-refractivity contribution < 1.29 is 9.32 Å². The standard InChI is InChI=1S/C14H15N3O2/c18-14(16-8-11-5-6-19-17-11)13-9-15-7-10-3-1-2-4-12(10)13/h1-6,13,15H,7-9H2,(H,16,18). The molecule has 19 heavy (non-hydrogen) atoms. The summed E-state index contributed by atoms with van der Waals surface area (Å²) in [5.41, 5.74) is 3.03. The maximum Gasteiger partial charge on any atom is 0.229 e. The summed E-state index contributed by atoms with van der Waals surface area (Å²) < 4.78 is 4.73. The molecule has 0 saturated heterocycles. The van der Waals surface area contributed by atoms with Gasteiger partial charge < -0.3 is 15.2 Å². The van der Waals surface area contributed by atoms with E-state index in [1.54, 1.807) is 6.07 Å². The van der Waals surface area contributed by atoms with Crippen molar-refractivity contribution in [2.45, 2.75) is 19.0 Å². The number of nitrogens with one attached hydrogen (secondary N) is 2. The lowest BCUT2D eigenvalue weighted by Crippen LogP contribution is -2.38. The molecular weight excluding hydrogens is 242 g/mol. The largest absolute Gasteiger partial charge is 0.364 e. The van der Waals surface area contributed by atoms with Crippen LogP contribution in [0, 0.1) is 0 Å². The lowest BCUT2D eigenvalue weighted by molar-refractivity contribution is -0.122. The van der Waals surface area contributed by atoms with Crippen molar-refractivity contribution >= 4 is 5.91 Å². The number of aromatic nitrogens is 1. The van der Waals surface area contributed by atoms with Crippen molar-refractivity contribution in [3.8, 4) is 0 Å². The lowest BCUT2D eigenvalue weighted by Gasteiger charge is -2.25. The van der Waals surface area contributed by atoms with Gasteiger partial charge >= 0.3 is 0 Å². The molecule has 0 spiro atoms. The number of amides is 1. The molecule has 1 amide bonds. The summed E-state index contributed by atoms with van der Waals surface area (Å²) in [5, 5.41) is 9.94. The Morgan fingerprint density at radius 3 is 3.16 bits per heavy atom. The molecule has 1 aliphatic heterocycles. The van der Waals surface area contributed by atoms with Gasteiger partial charge in [0.25, 0.3) is 0 Å². The van der Waals surface area contributed by atoms with Crippen LogP contribution in [0.1, 0.15) is 22.7 Å². The Morgan fingerprint density at radius 1 is 1.42 bits per heavy atom. The first-order valence-electron chi connectivity index (χ1n) is 6.30. The zero-order valence-corrected chi connectivity index (χ0v) is 10.4. The lowest BCUT2D eigenvalue weighted by atomic mass is 9.90. The van der Waals surface area contributed by atoms with Crippen LogP contribution in [0.4, 0.5) is 0 Å². The second-order valence-electron chi connectivity index (χ2n) is 4.59. The van der Waals surface area contributed by atoms with Crippen LogP contribution >= 0.6 is 0 Å². The van der Waals surface area contributed by atoms with Gasteiger partial charge in [0.05, 0.1) is 12.5 Å².